The van der Waals surface area contributed by atoms with Crippen LogP contribution in [0, 0.1) is 0 Å². The van der Waals surface area contributed by atoms with Crippen LogP contribution < -0.4 is 15.2 Å². The third kappa shape index (κ3) is 4.63. The number of primary amides is 1. The number of carboxylic acid groups (broad SMARTS) is 1. The minimum Gasteiger partial charge on any atom is -0.493 e. The summed E-state index contributed by atoms with van der Waals surface area (Å²) >= 11 is 0. The van der Waals surface area contributed by atoms with E-state index in [9.17, 15) is 9.59 Å². The van der Waals surface area contributed by atoms with Gasteiger partial charge in [-0.3, -0.25) is 4.79 Å². The standard InChI is InChI=1S/C13H15NO3.C7H6O2/c1-16-11-6-8-3-4-9(13(14)15)5-10(8)7-12(11)17-2;8-7(9)6-4-2-1-3-5-6/h5-7H,3-4H2,1-2H3,(H2,14,15);1-5H,(H,8,9). The molecule has 0 heterocycles. The van der Waals surface area contributed by atoms with Crippen LogP contribution in [-0.4, -0.2) is 31.2 Å². The minimum absolute atomic E-state index is 0.331. The van der Waals surface area contributed by atoms with E-state index in [2.05, 4.69) is 0 Å². The number of benzene rings is 2. The Kier molecular flexibility index (Phi) is 6.38. The lowest BCUT2D eigenvalue weighted by atomic mass is 9.91. The molecule has 3 N–H and O–H groups in total. The summed E-state index contributed by atoms with van der Waals surface area (Å²) in [6.07, 6.45) is 3.30. The number of hydrogen-bond acceptors (Lipinski definition) is 4. The largest absolute Gasteiger partial charge is 0.493 e. The highest BCUT2D eigenvalue weighted by molar-refractivity contribution is 5.97. The summed E-state index contributed by atoms with van der Waals surface area (Å²) in [5, 5.41) is 8.38. The Hall–Kier alpha value is -3.28. The molecule has 2 aromatic carbocycles. The lowest BCUT2D eigenvalue weighted by Gasteiger charge is -2.17. The minimum atomic E-state index is -0.879. The zero-order chi connectivity index (χ0) is 19.1. The first-order valence-electron chi connectivity index (χ1n) is 8.00. The molecule has 0 atom stereocenters. The molecule has 0 saturated heterocycles. The van der Waals surface area contributed by atoms with E-state index in [1.54, 1.807) is 44.6 Å². The molecule has 0 aliphatic heterocycles. The van der Waals surface area contributed by atoms with Crippen LogP contribution in [0.2, 0.25) is 0 Å². The molecule has 0 radical (unpaired) electrons. The smallest absolute Gasteiger partial charge is 0.335 e. The fraction of sp³-hybridized carbons (Fsp3) is 0.200. The van der Waals surface area contributed by atoms with Gasteiger partial charge < -0.3 is 20.3 Å². The van der Waals surface area contributed by atoms with Gasteiger partial charge in [-0.1, -0.05) is 18.2 Å². The molecule has 1 amide bonds. The topological polar surface area (TPSA) is 98.9 Å². The van der Waals surface area contributed by atoms with Crippen LogP contribution in [0.4, 0.5) is 0 Å². The van der Waals surface area contributed by atoms with Gasteiger partial charge in [0.15, 0.2) is 11.5 Å². The van der Waals surface area contributed by atoms with Crippen molar-refractivity contribution in [2.24, 2.45) is 5.73 Å². The van der Waals surface area contributed by atoms with E-state index in [0.717, 1.165) is 17.5 Å². The summed E-state index contributed by atoms with van der Waals surface area (Å²) in [7, 11) is 3.20. The molecule has 3 rings (SSSR count). The molecule has 6 nitrogen and oxygen atoms in total. The Morgan fingerprint density at radius 3 is 2.12 bits per heavy atom. The summed E-state index contributed by atoms with van der Waals surface area (Å²) < 4.78 is 10.5. The van der Waals surface area contributed by atoms with Crippen molar-refractivity contribution >= 4 is 18.0 Å². The van der Waals surface area contributed by atoms with Gasteiger partial charge in [-0.2, -0.15) is 0 Å². The first kappa shape index (κ1) is 19.1. The predicted octanol–water partition coefficient (Wildman–Crippen LogP) is 2.90. The van der Waals surface area contributed by atoms with E-state index in [0.29, 0.717) is 29.1 Å². The fourth-order valence-corrected chi connectivity index (χ4v) is 2.59. The maximum Gasteiger partial charge on any atom is 0.335 e. The quantitative estimate of drug-likeness (QED) is 0.878. The van der Waals surface area contributed by atoms with Crippen LogP contribution in [-0.2, 0) is 11.2 Å². The molecule has 0 bridgehead atoms. The second kappa shape index (κ2) is 8.71. The second-order valence-corrected chi connectivity index (χ2v) is 5.61. The Bertz CT molecular complexity index is 828. The Morgan fingerprint density at radius 2 is 1.62 bits per heavy atom. The average Bonchev–Trinajstić information content (AvgIpc) is 2.67. The van der Waals surface area contributed by atoms with Gasteiger partial charge in [0.05, 0.1) is 19.8 Å². The summed E-state index contributed by atoms with van der Waals surface area (Å²) in [4.78, 5) is 21.3. The molecule has 6 heteroatoms. The summed E-state index contributed by atoms with van der Waals surface area (Å²) in [5.74, 6) is 0.136. The number of ether oxygens (including phenoxy) is 2. The van der Waals surface area contributed by atoms with E-state index in [-0.39, 0.29) is 5.91 Å². The third-order valence-electron chi connectivity index (χ3n) is 3.98. The molecule has 0 unspecified atom stereocenters. The van der Waals surface area contributed by atoms with Crippen LogP contribution in [0.25, 0.3) is 6.08 Å². The normalized spacial score (nSPS) is 12.0. The van der Waals surface area contributed by atoms with Crippen molar-refractivity contribution in [3.05, 3.63) is 64.7 Å². The van der Waals surface area contributed by atoms with Crippen molar-refractivity contribution in [1.29, 1.82) is 0 Å². The second-order valence-electron chi connectivity index (χ2n) is 5.61. The number of aryl methyl sites for hydroxylation is 1. The molecule has 0 saturated carbocycles. The zero-order valence-electron chi connectivity index (χ0n) is 14.7. The number of aromatic carboxylic acids is 1. The maximum atomic E-state index is 11.1. The molecule has 1 aliphatic rings. The Balaban J connectivity index is 0.000000228. The highest BCUT2D eigenvalue weighted by Crippen LogP contribution is 2.34. The van der Waals surface area contributed by atoms with E-state index in [1.807, 2.05) is 18.2 Å². The van der Waals surface area contributed by atoms with Gasteiger partial charge in [0.25, 0.3) is 0 Å². The number of carboxylic acids is 1. The number of methoxy groups -OCH3 is 2. The van der Waals surface area contributed by atoms with Crippen LogP contribution in [0.3, 0.4) is 0 Å². The van der Waals surface area contributed by atoms with Gasteiger partial charge in [-0.05, 0) is 54.3 Å². The van der Waals surface area contributed by atoms with Crippen molar-refractivity contribution in [1.82, 2.24) is 0 Å². The number of carbonyl (C=O) groups excluding carboxylic acids is 1. The van der Waals surface area contributed by atoms with Crippen molar-refractivity contribution in [2.75, 3.05) is 14.2 Å². The van der Waals surface area contributed by atoms with Gasteiger partial charge in [0, 0.05) is 5.57 Å². The molecule has 136 valence electrons. The number of hydrogen-bond donors (Lipinski definition) is 2. The van der Waals surface area contributed by atoms with Gasteiger partial charge in [-0.15, -0.1) is 0 Å². The van der Waals surface area contributed by atoms with Crippen molar-refractivity contribution in [3.63, 3.8) is 0 Å². The molecule has 0 aromatic heterocycles. The summed E-state index contributed by atoms with van der Waals surface area (Å²) in [5.41, 5.74) is 8.40. The predicted molar refractivity (Wildman–Crippen MR) is 98.4 cm³/mol. The summed E-state index contributed by atoms with van der Waals surface area (Å²) in [6, 6.07) is 12.1. The van der Waals surface area contributed by atoms with Crippen LogP contribution in [0.15, 0.2) is 48.0 Å². The monoisotopic (exact) mass is 355 g/mol. The number of nitrogens with two attached hydrogens (primary N) is 1. The van der Waals surface area contributed by atoms with Gasteiger partial charge in [0.1, 0.15) is 0 Å². The highest BCUT2D eigenvalue weighted by Gasteiger charge is 2.17. The zero-order valence-corrected chi connectivity index (χ0v) is 14.7. The lowest BCUT2D eigenvalue weighted by Crippen LogP contribution is -2.16. The number of rotatable bonds is 4. The fourth-order valence-electron chi connectivity index (χ4n) is 2.59. The van der Waals surface area contributed by atoms with E-state index in [1.165, 1.54) is 0 Å². The van der Waals surface area contributed by atoms with Crippen molar-refractivity contribution < 1.29 is 24.2 Å². The van der Waals surface area contributed by atoms with Crippen LogP contribution in [0.1, 0.15) is 27.9 Å². The van der Waals surface area contributed by atoms with Crippen LogP contribution >= 0.6 is 0 Å². The summed E-state index contributed by atoms with van der Waals surface area (Å²) in [6.45, 7) is 0. The lowest BCUT2D eigenvalue weighted by molar-refractivity contribution is -0.114. The van der Waals surface area contributed by atoms with E-state index < -0.39 is 5.97 Å². The van der Waals surface area contributed by atoms with Crippen molar-refractivity contribution in [2.45, 2.75) is 12.8 Å². The van der Waals surface area contributed by atoms with E-state index >= 15 is 0 Å². The van der Waals surface area contributed by atoms with Gasteiger partial charge >= 0.3 is 5.97 Å². The highest BCUT2D eigenvalue weighted by atomic mass is 16.5. The number of fused-ring (bicyclic) bond motifs is 1. The Labute approximate surface area is 151 Å². The first-order chi connectivity index (χ1) is 12.5. The first-order valence-corrected chi connectivity index (χ1v) is 8.00. The molecular weight excluding hydrogens is 334 g/mol. The van der Waals surface area contributed by atoms with Crippen LogP contribution in [0.5, 0.6) is 11.5 Å². The molecule has 0 spiro atoms. The van der Waals surface area contributed by atoms with Gasteiger partial charge in [-0.25, -0.2) is 4.79 Å². The number of carbonyl (C=O) groups is 2. The maximum absolute atomic E-state index is 11.1. The van der Waals surface area contributed by atoms with Crippen molar-refractivity contribution in [3.8, 4) is 11.5 Å². The number of amides is 1. The van der Waals surface area contributed by atoms with Gasteiger partial charge in [0.2, 0.25) is 5.91 Å². The molecule has 2 aromatic rings. The van der Waals surface area contributed by atoms with E-state index in [4.69, 9.17) is 20.3 Å². The molecule has 26 heavy (non-hydrogen) atoms. The average molecular weight is 355 g/mol. The molecular formula is C20H21NO5. The SMILES string of the molecule is COc1cc2c(cc1OC)CCC(C(N)=O)=C2.O=C(O)c1ccccc1. The molecule has 0 fully saturated rings. The Morgan fingerprint density at radius 1 is 1.00 bits per heavy atom. The third-order valence-corrected chi connectivity index (χ3v) is 3.98. The molecule has 1 aliphatic carbocycles.